The summed E-state index contributed by atoms with van der Waals surface area (Å²) in [6.45, 7) is 0. The number of para-hydroxylation sites is 3. The molecule has 9 aromatic rings. The number of hydrogen-bond acceptors (Lipinski definition) is 3. The second-order valence-electron chi connectivity index (χ2n) is 10.8. The van der Waals surface area contributed by atoms with Crippen LogP contribution in [0.3, 0.4) is 0 Å². The van der Waals surface area contributed by atoms with Gasteiger partial charge in [0.1, 0.15) is 11.7 Å². The number of hydrogen-bond donors (Lipinski definition) is 0. The molecule has 0 aliphatic rings. The zero-order valence-corrected chi connectivity index (χ0v) is 22.7. The number of benzene rings is 6. The number of aromatic nitrogens is 2. The molecule has 0 radical (unpaired) electrons. The number of nitriles is 2. The Morgan fingerprint density at radius 3 is 1.88 bits per heavy atom. The van der Waals surface area contributed by atoms with E-state index in [9.17, 15) is 10.5 Å². The Kier molecular flexibility index (Phi) is 4.68. The van der Waals surface area contributed by atoms with Gasteiger partial charge in [-0.2, -0.15) is 10.5 Å². The standard InChI is InChI=1S/C38H20N4O/c39-21-23-15-17-34-31(19-23)27-10-1-3-13-32(27)41(34)25-8-6-9-26(20-25)42-33-14-4-2-11-30(33)36-35(42)18-16-29-28-12-5-7-24(22-40)37(28)43-38(29)36/h1-20H. The first-order valence-electron chi connectivity index (χ1n) is 14.1. The Hall–Kier alpha value is -6.30. The first kappa shape index (κ1) is 23.4. The minimum absolute atomic E-state index is 0.534. The predicted octanol–water partition coefficient (Wildman–Crippen LogP) is 9.52. The molecule has 0 fully saturated rings. The average Bonchev–Trinajstić information content (AvgIpc) is 3.72. The van der Waals surface area contributed by atoms with Gasteiger partial charge in [-0.25, -0.2) is 0 Å². The van der Waals surface area contributed by atoms with Crippen LogP contribution in [-0.4, -0.2) is 9.13 Å². The summed E-state index contributed by atoms with van der Waals surface area (Å²) in [5.74, 6) is 0. The highest BCUT2D eigenvalue weighted by Gasteiger charge is 2.20. The molecule has 0 spiro atoms. The van der Waals surface area contributed by atoms with E-state index in [0.29, 0.717) is 16.7 Å². The van der Waals surface area contributed by atoms with Crippen LogP contribution in [0.1, 0.15) is 11.1 Å². The lowest BCUT2D eigenvalue weighted by atomic mass is 10.1. The van der Waals surface area contributed by atoms with Crippen molar-refractivity contribution in [2.45, 2.75) is 0 Å². The van der Waals surface area contributed by atoms with Crippen molar-refractivity contribution in [3.8, 4) is 23.5 Å². The van der Waals surface area contributed by atoms with Crippen LogP contribution in [0, 0.1) is 22.7 Å². The van der Waals surface area contributed by atoms with E-state index in [1.807, 2.05) is 36.4 Å². The SMILES string of the molecule is N#Cc1ccc2c(c1)c1ccccc1n2-c1cccc(-n2c3ccccc3c3c4oc5c(C#N)cccc5c4ccc32)c1. The highest BCUT2D eigenvalue weighted by molar-refractivity contribution is 6.24. The van der Waals surface area contributed by atoms with E-state index < -0.39 is 0 Å². The highest BCUT2D eigenvalue weighted by atomic mass is 16.3. The van der Waals surface area contributed by atoms with Gasteiger partial charge in [-0.15, -0.1) is 0 Å². The molecule has 3 heterocycles. The molecule has 0 N–H and O–H groups in total. The van der Waals surface area contributed by atoms with Crippen LogP contribution in [0.4, 0.5) is 0 Å². The van der Waals surface area contributed by atoms with Gasteiger partial charge in [0, 0.05) is 38.3 Å². The van der Waals surface area contributed by atoms with E-state index in [4.69, 9.17) is 4.42 Å². The van der Waals surface area contributed by atoms with Gasteiger partial charge < -0.3 is 13.6 Å². The molecule has 0 bridgehead atoms. The minimum Gasteiger partial charge on any atom is -0.454 e. The maximum atomic E-state index is 9.73. The molecular formula is C38H20N4O. The highest BCUT2D eigenvalue weighted by Crippen LogP contribution is 2.41. The van der Waals surface area contributed by atoms with Crippen LogP contribution in [0.25, 0.3) is 76.9 Å². The topological polar surface area (TPSA) is 70.6 Å². The summed E-state index contributed by atoms with van der Waals surface area (Å²) in [4.78, 5) is 0. The second-order valence-corrected chi connectivity index (χ2v) is 10.8. The molecule has 0 saturated heterocycles. The Bertz CT molecular complexity index is 2710. The summed E-state index contributed by atoms with van der Waals surface area (Å²) in [7, 11) is 0. The van der Waals surface area contributed by atoms with Gasteiger partial charge in [-0.05, 0) is 66.7 Å². The third kappa shape index (κ3) is 3.14. The summed E-state index contributed by atoms with van der Waals surface area (Å²) < 4.78 is 11.0. The molecule has 43 heavy (non-hydrogen) atoms. The van der Waals surface area contributed by atoms with E-state index in [-0.39, 0.29) is 0 Å². The summed E-state index contributed by atoms with van der Waals surface area (Å²) in [5, 5.41) is 25.5. The van der Waals surface area contributed by atoms with Crippen LogP contribution in [0.15, 0.2) is 126 Å². The molecule has 0 unspecified atom stereocenters. The van der Waals surface area contributed by atoms with Gasteiger partial charge >= 0.3 is 0 Å². The fourth-order valence-corrected chi connectivity index (χ4v) is 6.77. The third-order valence-electron chi connectivity index (χ3n) is 8.57. The minimum atomic E-state index is 0.534. The van der Waals surface area contributed by atoms with E-state index in [2.05, 4.69) is 100 Å². The van der Waals surface area contributed by atoms with Crippen molar-refractivity contribution < 1.29 is 4.42 Å². The van der Waals surface area contributed by atoms with E-state index in [1.54, 1.807) is 6.07 Å². The monoisotopic (exact) mass is 548 g/mol. The molecule has 198 valence electrons. The number of rotatable bonds is 2. The number of fused-ring (bicyclic) bond motifs is 10. The maximum absolute atomic E-state index is 9.73. The Morgan fingerprint density at radius 2 is 1.09 bits per heavy atom. The van der Waals surface area contributed by atoms with Crippen molar-refractivity contribution in [1.29, 1.82) is 10.5 Å². The van der Waals surface area contributed by atoms with Gasteiger partial charge in [-0.1, -0.05) is 54.6 Å². The number of furan rings is 1. The molecule has 0 aliphatic carbocycles. The fraction of sp³-hybridized carbons (Fsp3) is 0. The zero-order chi connectivity index (χ0) is 28.7. The van der Waals surface area contributed by atoms with Crippen molar-refractivity contribution in [2.24, 2.45) is 0 Å². The van der Waals surface area contributed by atoms with Crippen LogP contribution in [0.5, 0.6) is 0 Å². The lowest BCUT2D eigenvalue weighted by Gasteiger charge is -2.12. The molecule has 3 aromatic heterocycles. The largest absolute Gasteiger partial charge is 0.454 e. The van der Waals surface area contributed by atoms with Crippen LogP contribution >= 0.6 is 0 Å². The maximum Gasteiger partial charge on any atom is 0.153 e. The molecule has 0 atom stereocenters. The van der Waals surface area contributed by atoms with E-state index in [1.165, 1.54) is 0 Å². The van der Waals surface area contributed by atoms with Gasteiger partial charge in [0.05, 0.1) is 44.6 Å². The van der Waals surface area contributed by atoms with Crippen molar-refractivity contribution >= 4 is 65.6 Å². The van der Waals surface area contributed by atoms with Gasteiger partial charge in [-0.3, -0.25) is 0 Å². The molecular weight excluding hydrogens is 528 g/mol. The van der Waals surface area contributed by atoms with Gasteiger partial charge in [0.15, 0.2) is 5.58 Å². The van der Waals surface area contributed by atoms with Crippen molar-refractivity contribution in [1.82, 2.24) is 9.13 Å². The predicted molar refractivity (Wildman–Crippen MR) is 172 cm³/mol. The smallest absolute Gasteiger partial charge is 0.153 e. The molecule has 6 aromatic carbocycles. The zero-order valence-electron chi connectivity index (χ0n) is 22.7. The fourth-order valence-electron chi connectivity index (χ4n) is 6.77. The first-order valence-corrected chi connectivity index (χ1v) is 14.1. The summed E-state index contributed by atoms with van der Waals surface area (Å²) >= 11 is 0. The van der Waals surface area contributed by atoms with E-state index >= 15 is 0 Å². The van der Waals surface area contributed by atoms with Gasteiger partial charge in [0.2, 0.25) is 0 Å². The van der Waals surface area contributed by atoms with Crippen LogP contribution in [-0.2, 0) is 0 Å². The van der Waals surface area contributed by atoms with Crippen LogP contribution < -0.4 is 0 Å². The molecule has 5 nitrogen and oxygen atoms in total. The Balaban J connectivity index is 1.35. The molecule has 0 aliphatic heterocycles. The normalized spacial score (nSPS) is 11.7. The summed E-state index contributed by atoms with van der Waals surface area (Å²) in [6.07, 6.45) is 0. The molecule has 0 saturated carbocycles. The molecule has 5 heteroatoms. The first-order chi connectivity index (χ1) is 21.2. The molecule has 9 rings (SSSR count). The molecule has 0 amide bonds. The lowest BCUT2D eigenvalue weighted by Crippen LogP contribution is -1.98. The van der Waals surface area contributed by atoms with Gasteiger partial charge in [0.25, 0.3) is 0 Å². The van der Waals surface area contributed by atoms with Crippen molar-refractivity contribution in [3.63, 3.8) is 0 Å². The summed E-state index contributed by atoms with van der Waals surface area (Å²) in [6, 6.07) is 45.7. The summed E-state index contributed by atoms with van der Waals surface area (Å²) in [5.41, 5.74) is 8.89. The third-order valence-corrected chi connectivity index (χ3v) is 8.57. The van der Waals surface area contributed by atoms with Crippen molar-refractivity contribution in [3.05, 3.63) is 132 Å². The Labute approximate surface area is 245 Å². The second kappa shape index (κ2) is 8.60. The van der Waals surface area contributed by atoms with Crippen molar-refractivity contribution in [2.75, 3.05) is 0 Å². The number of nitrogens with zero attached hydrogens (tertiary/aromatic N) is 4. The Morgan fingerprint density at radius 1 is 0.465 bits per heavy atom. The lowest BCUT2D eigenvalue weighted by molar-refractivity contribution is 0.671. The quantitative estimate of drug-likeness (QED) is 0.216. The average molecular weight is 549 g/mol. The van der Waals surface area contributed by atoms with E-state index in [0.717, 1.165) is 71.3 Å². The van der Waals surface area contributed by atoms with Crippen LogP contribution in [0.2, 0.25) is 0 Å².